The average Bonchev–Trinajstić information content (AvgIpc) is 3.49. The Kier molecular flexibility index (Phi) is 8.72. The first kappa shape index (κ1) is 31.2. The Bertz CT molecular complexity index is 1260. The lowest BCUT2D eigenvalue weighted by Gasteiger charge is -2.36. The van der Waals surface area contributed by atoms with Crippen molar-refractivity contribution in [2.75, 3.05) is 38.6 Å². The molecule has 1 N–H and O–H groups in total. The standard InChI is InChI=1S/C31H39ClF3N3O3/c1-20(2)37(5)27(39)24-12-11-23(19-26(24)32)38-17-14-29(15-18-38)21(3)25(29)13-16-36(4)28(40)30(41,31(33,34)35)22-9-7-6-8-10-22/h6-12,19-21,25,41H,13-18H2,1-5H3/t21-,25?,30?/m0/s1. The van der Waals surface area contributed by atoms with Crippen LogP contribution < -0.4 is 4.90 Å². The van der Waals surface area contributed by atoms with Gasteiger partial charge in [0.15, 0.2) is 0 Å². The van der Waals surface area contributed by atoms with Gasteiger partial charge in [0.25, 0.3) is 17.4 Å². The van der Waals surface area contributed by atoms with Crippen LogP contribution >= 0.6 is 11.6 Å². The van der Waals surface area contributed by atoms with Gasteiger partial charge in [-0.25, -0.2) is 0 Å². The summed E-state index contributed by atoms with van der Waals surface area (Å²) in [5.41, 5.74) is -2.57. The summed E-state index contributed by atoms with van der Waals surface area (Å²) in [6.07, 6.45) is -2.75. The molecule has 6 nitrogen and oxygen atoms in total. The number of rotatable bonds is 8. The SMILES string of the molecule is CC(C)N(C)C(=O)c1ccc(N2CCC3(CC2)C(CCN(C)C(=O)C(O)(c2ccccc2)C(F)(F)F)[C@@H]3C)cc1Cl. The lowest BCUT2D eigenvalue weighted by Crippen LogP contribution is -2.55. The lowest BCUT2D eigenvalue weighted by atomic mass is 9.88. The molecule has 2 fully saturated rings. The smallest absolute Gasteiger partial charge is 0.371 e. The molecule has 4 rings (SSSR count). The number of carbonyl (C=O) groups is 2. The van der Waals surface area contributed by atoms with E-state index in [1.807, 2.05) is 26.0 Å². The summed E-state index contributed by atoms with van der Waals surface area (Å²) in [6, 6.07) is 12.1. The van der Waals surface area contributed by atoms with Crippen LogP contribution in [0.25, 0.3) is 0 Å². The van der Waals surface area contributed by atoms with E-state index in [1.54, 1.807) is 18.0 Å². The molecule has 1 spiro atoms. The fourth-order valence-electron chi connectivity index (χ4n) is 6.44. The number of alkyl halides is 3. The zero-order valence-electron chi connectivity index (χ0n) is 24.2. The van der Waals surface area contributed by atoms with Gasteiger partial charge in [0.1, 0.15) is 0 Å². The number of amides is 2. The molecule has 10 heteroatoms. The number of hydrogen-bond donors (Lipinski definition) is 1. The number of anilines is 1. The van der Waals surface area contributed by atoms with Crippen molar-refractivity contribution in [3.05, 3.63) is 64.7 Å². The molecule has 3 atom stereocenters. The quantitative estimate of drug-likeness (QED) is 0.410. The topological polar surface area (TPSA) is 64.1 Å². The number of aliphatic hydroxyl groups is 1. The third kappa shape index (κ3) is 5.67. The molecule has 2 unspecified atom stereocenters. The molecule has 1 saturated carbocycles. The Morgan fingerprint density at radius 1 is 1.10 bits per heavy atom. The number of halogens is 4. The van der Waals surface area contributed by atoms with Crippen LogP contribution in [0.2, 0.25) is 5.02 Å². The number of carbonyl (C=O) groups excluding carboxylic acids is 2. The highest BCUT2D eigenvalue weighted by Crippen LogP contribution is 2.66. The number of hydrogen-bond acceptors (Lipinski definition) is 4. The summed E-state index contributed by atoms with van der Waals surface area (Å²) >= 11 is 6.51. The van der Waals surface area contributed by atoms with Crippen molar-refractivity contribution in [2.24, 2.45) is 17.3 Å². The van der Waals surface area contributed by atoms with E-state index in [4.69, 9.17) is 11.6 Å². The van der Waals surface area contributed by atoms with E-state index in [2.05, 4.69) is 11.8 Å². The third-order valence-electron chi connectivity index (χ3n) is 9.51. The second-order valence-corrected chi connectivity index (χ2v) is 12.3. The van der Waals surface area contributed by atoms with Gasteiger partial charge in [-0.3, -0.25) is 9.59 Å². The second kappa shape index (κ2) is 11.5. The molecule has 2 aliphatic rings. The van der Waals surface area contributed by atoms with Crippen molar-refractivity contribution in [3.63, 3.8) is 0 Å². The lowest BCUT2D eigenvalue weighted by molar-refractivity contribution is -0.261. The molecular weight excluding hydrogens is 555 g/mol. The van der Waals surface area contributed by atoms with E-state index >= 15 is 0 Å². The normalized spacial score (nSPS) is 21.5. The maximum absolute atomic E-state index is 14.0. The van der Waals surface area contributed by atoms with Gasteiger partial charge in [-0.1, -0.05) is 48.9 Å². The Balaban J connectivity index is 1.36. The Morgan fingerprint density at radius 3 is 2.24 bits per heavy atom. The summed E-state index contributed by atoms with van der Waals surface area (Å²) in [6.45, 7) is 7.78. The van der Waals surface area contributed by atoms with Gasteiger partial charge >= 0.3 is 6.18 Å². The van der Waals surface area contributed by atoms with Gasteiger partial charge in [-0.05, 0) is 68.6 Å². The van der Waals surface area contributed by atoms with E-state index < -0.39 is 23.2 Å². The van der Waals surface area contributed by atoms with Crippen molar-refractivity contribution in [1.29, 1.82) is 0 Å². The highest BCUT2D eigenvalue weighted by Gasteiger charge is 2.63. The Morgan fingerprint density at radius 2 is 1.71 bits per heavy atom. The van der Waals surface area contributed by atoms with Crippen molar-refractivity contribution >= 4 is 29.1 Å². The van der Waals surface area contributed by atoms with Crippen LogP contribution in [0.1, 0.15) is 56.0 Å². The van der Waals surface area contributed by atoms with Crippen LogP contribution in [-0.4, -0.2) is 72.7 Å². The number of piperidine rings is 1. The summed E-state index contributed by atoms with van der Waals surface area (Å²) in [4.78, 5) is 30.6. The first-order valence-electron chi connectivity index (χ1n) is 14.1. The minimum absolute atomic E-state index is 0.0580. The number of likely N-dealkylation sites (N-methyl/N-ethyl adjacent to an activating group) is 1. The zero-order chi connectivity index (χ0) is 30.3. The average molecular weight is 594 g/mol. The first-order chi connectivity index (χ1) is 19.1. The third-order valence-corrected chi connectivity index (χ3v) is 9.82. The van der Waals surface area contributed by atoms with E-state index in [0.29, 0.717) is 22.9 Å². The highest BCUT2D eigenvalue weighted by molar-refractivity contribution is 6.34. The van der Waals surface area contributed by atoms with Gasteiger partial charge in [0.05, 0.1) is 10.6 Å². The summed E-state index contributed by atoms with van der Waals surface area (Å²) in [7, 11) is 3.07. The fourth-order valence-corrected chi connectivity index (χ4v) is 6.70. The van der Waals surface area contributed by atoms with Gasteiger partial charge < -0.3 is 19.8 Å². The molecular formula is C31H39ClF3N3O3. The molecule has 2 amide bonds. The van der Waals surface area contributed by atoms with Crippen LogP contribution in [0.5, 0.6) is 0 Å². The summed E-state index contributed by atoms with van der Waals surface area (Å²) in [5.74, 6) is -0.818. The molecule has 0 bridgehead atoms. The van der Waals surface area contributed by atoms with E-state index in [9.17, 15) is 27.9 Å². The van der Waals surface area contributed by atoms with Crippen molar-refractivity contribution in [3.8, 4) is 0 Å². The van der Waals surface area contributed by atoms with E-state index in [-0.39, 0.29) is 29.8 Å². The van der Waals surface area contributed by atoms with Gasteiger partial charge in [-0.2, -0.15) is 13.2 Å². The molecule has 41 heavy (non-hydrogen) atoms. The van der Waals surface area contributed by atoms with Crippen LogP contribution in [0, 0.1) is 17.3 Å². The maximum atomic E-state index is 14.0. The van der Waals surface area contributed by atoms with Crippen LogP contribution in [0.3, 0.4) is 0 Å². The van der Waals surface area contributed by atoms with Crippen molar-refractivity contribution in [2.45, 2.75) is 57.9 Å². The predicted octanol–water partition coefficient (Wildman–Crippen LogP) is 5.97. The van der Waals surface area contributed by atoms with Gasteiger partial charge in [0, 0.05) is 51.0 Å². The number of benzene rings is 2. The largest absolute Gasteiger partial charge is 0.430 e. The number of nitrogens with zero attached hydrogens (tertiary/aromatic N) is 3. The van der Waals surface area contributed by atoms with Gasteiger partial charge in [0.2, 0.25) is 0 Å². The minimum Gasteiger partial charge on any atom is -0.371 e. The first-order valence-corrected chi connectivity index (χ1v) is 14.4. The Hall–Kier alpha value is -2.78. The maximum Gasteiger partial charge on any atom is 0.430 e. The van der Waals surface area contributed by atoms with Crippen molar-refractivity contribution in [1.82, 2.24) is 9.80 Å². The van der Waals surface area contributed by atoms with Crippen LogP contribution in [-0.2, 0) is 10.4 Å². The molecule has 1 aliphatic carbocycles. The monoisotopic (exact) mass is 593 g/mol. The molecule has 1 heterocycles. The van der Waals surface area contributed by atoms with E-state index in [1.165, 1.54) is 25.2 Å². The second-order valence-electron chi connectivity index (χ2n) is 11.9. The summed E-state index contributed by atoms with van der Waals surface area (Å²) < 4.78 is 41.9. The molecule has 1 aliphatic heterocycles. The van der Waals surface area contributed by atoms with Crippen LogP contribution in [0.15, 0.2) is 48.5 Å². The molecule has 0 aromatic heterocycles. The zero-order valence-corrected chi connectivity index (χ0v) is 25.0. The van der Waals surface area contributed by atoms with Gasteiger partial charge in [-0.15, -0.1) is 0 Å². The fraction of sp³-hybridized carbons (Fsp3) is 0.548. The molecule has 2 aromatic rings. The minimum atomic E-state index is -5.15. The highest BCUT2D eigenvalue weighted by atomic mass is 35.5. The molecule has 0 radical (unpaired) electrons. The molecule has 2 aromatic carbocycles. The van der Waals surface area contributed by atoms with Crippen molar-refractivity contribution < 1.29 is 27.9 Å². The Labute approximate surface area is 245 Å². The molecule has 224 valence electrons. The summed E-state index contributed by atoms with van der Waals surface area (Å²) in [5, 5.41) is 11.1. The molecule has 1 saturated heterocycles. The van der Waals surface area contributed by atoms with E-state index in [0.717, 1.165) is 48.7 Å². The van der Waals surface area contributed by atoms with Crippen LogP contribution in [0.4, 0.5) is 18.9 Å². The predicted molar refractivity (Wildman–Crippen MR) is 154 cm³/mol.